The summed E-state index contributed by atoms with van der Waals surface area (Å²) in [5.74, 6) is 0.0443. The molecule has 0 spiro atoms. The van der Waals surface area contributed by atoms with Crippen LogP contribution >= 0.6 is 11.3 Å². The minimum atomic E-state index is -0.179. The molecule has 23 heavy (non-hydrogen) atoms. The van der Waals surface area contributed by atoms with E-state index >= 15 is 0 Å². The summed E-state index contributed by atoms with van der Waals surface area (Å²) in [6.07, 6.45) is 1.78. The van der Waals surface area contributed by atoms with E-state index in [1.165, 1.54) is 0 Å². The topological polar surface area (TPSA) is 57.3 Å². The van der Waals surface area contributed by atoms with Gasteiger partial charge in [0.05, 0.1) is 6.54 Å². The molecule has 0 radical (unpaired) electrons. The van der Waals surface area contributed by atoms with Crippen molar-refractivity contribution in [1.82, 2.24) is 20.5 Å². The van der Waals surface area contributed by atoms with E-state index in [-0.39, 0.29) is 11.9 Å². The summed E-state index contributed by atoms with van der Waals surface area (Å²) < 4.78 is 0. The lowest BCUT2D eigenvalue weighted by Gasteiger charge is -2.33. The van der Waals surface area contributed by atoms with Gasteiger partial charge in [-0.3, -0.25) is 9.69 Å². The summed E-state index contributed by atoms with van der Waals surface area (Å²) in [4.78, 5) is 19.1. The number of benzene rings is 1. The van der Waals surface area contributed by atoms with Gasteiger partial charge in [-0.25, -0.2) is 4.98 Å². The molecule has 0 aliphatic carbocycles. The van der Waals surface area contributed by atoms with Crippen molar-refractivity contribution >= 4 is 17.2 Å². The van der Waals surface area contributed by atoms with Crippen molar-refractivity contribution in [2.45, 2.75) is 19.0 Å². The lowest BCUT2D eigenvalue weighted by Crippen LogP contribution is -2.53. The van der Waals surface area contributed by atoms with Crippen LogP contribution in [-0.2, 0) is 4.79 Å². The molecule has 1 aliphatic rings. The van der Waals surface area contributed by atoms with E-state index in [1.807, 2.05) is 35.7 Å². The fraction of sp³-hybridized carbons (Fsp3) is 0.412. The first-order valence-corrected chi connectivity index (χ1v) is 8.80. The number of carbonyl (C=O) groups is 1. The van der Waals surface area contributed by atoms with Crippen molar-refractivity contribution in [2.75, 3.05) is 26.2 Å². The monoisotopic (exact) mass is 330 g/mol. The van der Waals surface area contributed by atoms with Gasteiger partial charge in [-0.2, -0.15) is 0 Å². The molecule has 1 aromatic heterocycles. The highest BCUT2D eigenvalue weighted by Crippen LogP contribution is 2.23. The van der Waals surface area contributed by atoms with Gasteiger partial charge in [0.25, 0.3) is 0 Å². The predicted molar refractivity (Wildman–Crippen MR) is 92.4 cm³/mol. The Kier molecular flexibility index (Phi) is 5.38. The number of nitrogens with one attached hydrogen (secondary N) is 2. The molecule has 1 saturated heterocycles. The van der Waals surface area contributed by atoms with Crippen LogP contribution in [0.1, 0.15) is 23.5 Å². The normalized spacial score (nSPS) is 20.1. The van der Waals surface area contributed by atoms with Crippen LogP contribution in [0.25, 0.3) is 0 Å². The maximum atomic E-state index is 12.5. The van der Waals surface area contributed by atoms with Crippen LogP contribution in [0.15, 0.2) is 41.9 Å². The van der Waals surface area contributed by atoms with E-state index in [1.54, 1.807) is 17.5 Å². The number of thiazole rings is 1. The molecule has 2 N–H and O–H groups in total. The summed E-state index contributed by atoms with van der Waals surface area (Å²) in [7, 11) is 0. The van der Waals surface area contributed by atoms with Crippen LogP contribution in [0.2, 0.25) is 0 Å². The summed E-state index contributed by atoms with van der Waals surface area (Å²) >= 11 is 1.57. The molecule has 1 amide bonds. The van der Waals surface area contributed by atoms with Crippen LogP contribution in [-0.4, -0.2) is 48.0 Å². The number of amides is 1. The van der Waals surface area contributed by atoms with Gasteiger partial charge in [0.15, 0.2) is 0 Å². The van der Waals surface area contributed by atoms with E-state index in [0.29, 0.717) is 12.6 Å². The summed E-state index contributed by atoms with van der Waals surface area (Å²) in [5.41, 5.74) is 1.06. The molecule has 122 valence electrons. The zero-order valence-corrected chi connectivity index (χ0v) is 14.1. The Labute approximate surface area is 140 Å². The molecule has 1 aromatic carbocycles. The van der Waals surface area contributed by atoms with Gasteiger partial charge in [-0.1, -0.05) is 30.3 Å². The summed E-state index contributed by atoms with van der Waals surface area (Å²) in [5, 5.41) is 9.35. The molecule has 0 saturated carbocycles. The lowest BCUT2D eigenvalue weighted by molar-refractivity contribution is -0.123. The third kappa shape index (κ3) is 4.16. The van der Waals surface area contributed by atoms with E-state index < -0.39 is 0 Å². The lowest BCUT2D eigenvalue weighted by atomic mass is 10.1. The third-order valence-electron chi connectivity index (χ3n) is 4.12. The Hall–Kier alpha value is -1.76. The fourth-order valence-corrected chi connectivity index (χ4v) is 3.53. The molecule has 2 atom stereocenters. The largest absolute Gasteiger partial charge is 0.342 e. The highest BCUT2D eigenvalue weighted by molar-refractivity contribution is 7.09. The van der Waals surface area contributed by atoms with Gasteiger partial charge in [0.1, 0.15) is 11.0 Å². The summed E-state index contributed by atoms with van der Waals surface area (Å²) in [6, 6.07) is 10.2. The zero-order valence-electron chi connectivity index (χ0n) is 13.2. The van der Waals surface area contributed by atoms with Crippen LogP contribution in [0.4, 0.5) is 0 Å². The standard InChI is InChI=1S/C17H22N4OS/c1-13-11-18-7-9-21(13)12-15(22)20-16(17-19-8-10-23-17)14-5-3-2-4-6-14/h2-6,8,10,13,16,18H,7,9,11-12H2,1H3,(H,20,22)/t13-,16?/m0/s1. The summed E-state index contributed by atoms with van der Waals surface area (Å²) in [6.45, 7) is 5.35. The molecule has 3 rings (SSSR count). The molecule has 1 aliphatic heterocycles. The second-order valence-corrected chi connectivity index (χ2v) is 6.73. The van der Waals surface area contributed by atoms with Crippen molar-refractivity contribution in [2.24, 2.45) is 0 Å². The molecule has 1 unspecified atom stereocenters. The molecule has 6 heteroatoms. The van der Waals surface area contributed by atoms with Crippen LogP contribution < -0.4 is 10.6 Å². The average Bonchev–Trinajstić information content (AvgIpc) is 3.10. The SMILES string of the molecule is C[C@H]1CNCCN1CC(=O)NC(c1ccccc1)c1nccs1. The van der Waals surface area contributed by atoms with Gasteiger partial charge >= 0.3 is 0 Å². The van der Waals surface area contributed by atoms with E-state index in [4.69, 9.17) is 0 Å². The molecule has 2 heterocycles. The Morgan fingerprint density at radius 3 is 3.00 bits per heavy atom. The Morgan fingerprint density at radius 2 is 2.30 bits per heavy atom. The Bertz CT molecular complexity index is 617. The van der Waals surface area contributed by atoms with Gasteiger partial charge in [-0.05, 0) is 12.5 Å². The number of rotatable bonds is 5. The van der Waals surface area contributed by atoms with Gasteiger partial charge in [0, 0.05) is 37.3 Å². The number of aromatic nitrogens is 1. The number of hydrogen-bond donors (Lipinski definition) is 2. The highest BCUT2D eigenvalue weighted by atomic mass is 32.1. The van der Waals surface area contributed by atoms with Crippen molar-refractivity contribution in [3.8, 4) is 0 Å². The van der Waals surface area contributed by atoms with E-state index in [0.717, 1.165) is 30.2 Å². The fourth-order valence-electron chi connectivity index (χ4n) is 2.82. The van der Waals surface area contributed by atoms with Crippen molar-refractivity contribution in [3.05, 3.63) is 52.5 Å². The van der Waals surface area contributed by atoms with Crippen molar-refractivity contribution in [3.63, 3.8) is 0 Å². The maximum absolute atomic E-state index is 12.5. The minimum absolute atomic E-state index is 0.0443. The van der Waals surface area contributed by atoms with E-state index in [9.17, 15) is 4.79 Å². The molecule has 5 nitrogen and oxygen atoms in total. The second-order valence-electron chi connectivity index (χ2n) is 5.81. The first kappa shape index (κ1) is 16.1. The molecule has 1 fully saturated rings. The molecule has 2 aromatic rings. The average molecular weight is 330 g/mol. The first-order chi connectivity index (χ1) is 11.2. The van der Waals surface area contributed by atoms with Crippen molar-refractivity contribution in [1.29, 1.82) is 0 Å². The van der Waals surface area contributed by atoms with Gasteiger partial charge in [-0.15, -0.1) is 11.3 Å². The Morgan fingerprint density at radius 1 is 1.48 bits per heavy atom. The molecular weight excluding hydrogens is 308 g/mol. The maximum Gasteiger partial charge on any atom is 0.235 e. The Balaban J connectivity index is 1.70. The number of piperazine rings is 1. The van der Waals surface area contributed by atoms with Crippen LogP contribution in [0.5, 0.6) is 0 Å². The third-order valence-corrected chi connectivity index (χ3v) is 4.96. The highest BCUT2D eigenvalue weighted by Gasteiger charge is 2.23. The van der Waals surface area contributed by atoms with Crippen molar-refractivity contribution < 1.29 is 4.79 Å². The first-order valence-electron chi connectivity index (χ1n) is 7.92. The van der Waals surface area contributed by atoms with Crippen LogP contribution in [0, 0.1) is 0 Å². The quantitative estimate of drug-likeness (QED) is 0.875. The minimum Gasteiger partial charge on any atom is -0.342 e. The molecule has 0 bridgehead atoms. The second kappa shape index (κ2) is 7.68. The number of carbonyl (C=O) groups excluding carboxylic acids is 1. The van der Waals surface area contributed by atoms with E-state index in [2.05, 4.69) is 27.4 Å². The van der Waals surface area contributed by atoms with Gasteiger partial charge in [0.2, 0.25) is 5.91 Å². The molecular formula is C17H22N4OS. The number of hydrogen-bond acceptors (Lipinski definition) is 5. The zero-order chi connectivity index (χ0) is 16.1. The number of nitrogens with zero attached hydrogens (tertiary/aromatic N) is 2. The van der Waals surface area contributed by atoms with Crippen LogP contribution in [0.3, 0.4) is 0 Å². The smallest absolute Gasteiger partial charge is 0.235 e. The van der Waals surface area contributed by atoms with Gasteiger partial charge < -0.3 is 10.6 Å². The predicted octanol–water partition coefficient (Wildman–Crippen LogP) is 1.64.